The maximum absolute atomic E-state index is 4.00. The van der Waals surface area contributed by atoms with E-state index in [2.05, 4.69) is 55.1 Å². The van der Waals surface area contributed by atoms with Crippen LogP contribution in [0.2, 0.25) is 0 Å². The number of nitrogens with zero attached hydrogens (tertiary/aromatic N) is 2. The van der Waals surface area contributed by atoms with Crippen LogP contribution in [0.1, 0.15) is 0 Å². The quantitative estimate of drug-likeness (QED) is 0.676. The lowest BCUT2D eigenvalue weighted by atomic mass is 10.8. The minimum Gasteiger partial charge on any atom is -0.246 e. The number of halogens is 2. The van der Waals surface area contributed by atoms with E-state index >= 15 is 0 Å². The molecule has 0 unspecified atom stereocenters. The number of rotatable bonds is 0. The molecule has 0 amide bonds. The molecule has 0 aliphatic heterocycles. The van der Waals surface area contributed by atoms with Crippen LogP contribution in [0.3, 0.4) is 0 Å². The molecule has 0 spiro atoms. The molecule has 0 atom stereocenters. The molecule has 1 rings (SSSR count). The predicted octanol–water partition coefficient (Wildman–Crippen LogP) is 1.69. The van der Waals surface area contributed by atoms with E-state index in [9.17, 15) is 0 Å². The van der Waals surface area contributed by atoms with E-state index in [0.29, 0.717) is 0 Å². The Morgan fingerprint density at radius 2 is 1.38 bits per heavy atom. The molecule has 2 nitrogen and oxygen atoms in total. The van der Waals surface area contributed by atoms with Crippen molar-refractivity contribution < 1.29 is 0 Å². The second-order valence-corrected chi connectivity index (χ2v) is 3.18. The third-order valence-corrected chi connectivity index (χ3v) is 3.22. The van der Waals surface area contributed by atoms with Gasteiger partial charge in [0.05, 0.1) is 0 Å². The average molecular weight is 332 g/mol. The summed E-state index contributed by atoms with van der Waals surface area (Å²) in [5, 5.41) is 0. The molecule has 0 bridgehead atoms. The van der Waals surface area contributed by atoms with Gasteiger partial charge in [-0.15, -0.1) is 0 Å². The minimum absolute atomic E-state index is 0.964. The van der Waals surface area contributed by atoms with Gasteiger partial charge < -0.3 is 0 Å². The van der Waals surface area contributed by atoms with Crippen molar-refractivity contribution in [2.75, 3.05) is 0 Å². The van der Waals surface area contributed by atoms with Gasteiger partial charge in [0.2, 0.25) is 0 Å². The molecule has 42 valence electrons. The van der Waals surface area contributed by atoms with Crippen LogP contribution < -0.4 is 0 Å². The highest BCUT2D eigenvalue weighted by atomic mass is 127. The van der Waals surface area contributed by atoms with E-state index in [1.807, 2.05) is 0 Å². The first-order valence-corrected chi connectivity index (χ1v) is 4.08. The molecule has 0 aliphatic carbocycles. The van der Waals surface area contributed by atoms with Crippen molar-refractivity contribution in [1.82, 2.24) is 9.97 Å². The van der Waals surface area contributed by atoms with Gasteiger partial charge in [-0.25, -0.2) is 9.97 Å². The van der Waals surface area contributed by atoms with E-state index in [-0.39, 0.29) is 0 Å². The summed E-state index contributed by atoms with van der Waals surface area (Å²) in [7, 11) is 0. The Bertz CT molecular complexity index is 168. The van der Waals surface area contributed by atoms with Crippen LogP contribution in [0.5, 0.6) is 0 Å². The molecule has 8 heavy (non-hydrogen) atoms. The third-order valence-electron chi connectivity index (χ3n) is 0.613. The van der Waals surface area contributed by atoms with Gasteiger partial charge in [0.1, 0.15) is 7.40 Å². The first-order chi connectivity index (χ1) is 3.80. The summed E-state index contributed by atoms with van der Waals surface area (Å²) in [4.78, 5) is 7.99. The largest absolute Gasteiger partial charge is 0.246 e. The molecule has 0 aromatic carbocycles. The van der Waals surface area contributed by atoms with Crippen LogP contribution >= 0.6 is 45.2 Å². The van der Waals surface area contributed by atoms with E-state index < -0.39 is 0 Å². The van der Waals surface area contributed by atoms with E-state index in [0.717, 1.165) is 7.40 Å². The van der Waals surface area contributed by atoms with Gasteiger partial charge in [-0.2, -0.15) is 0 Å². The highest BCUT2D eigenvalue weighted by molar-refractivity contribution is 14.1. The highest BCUT2D eigenvalue weighted by Gasteiger charge is 1.91. The molecule has 0 N–H and O–H groups in total. The first kappa shape index (κ1) is 6.66. The Kier molecular flexibility index (Phi) is 2.42. The molecule has 0 saturated heterocycles. The monoisotopic (exact) mass is 332 g/mol. The molecule has 1 heterocycles. The molecular weight excluding hydrogens is 330 g/mol. The van der Waals surface area contributed by atoms with Gasteiger partial charge >= 0.3 is 0 Å². The minimum atomic E-state index is 0.964. The van der Waals surface area contributed by atoms with Crippen LogP contribution in [0.4, 0.5) is 0 Å². The molecule has 4 heteroatoms. The van der Waals surface area contributed by atoms with Gasteiger partial charge in [0.25, 0.3) is 0 Å². The van der Waals surface area contributed by atoms with Gasteiger partial charge in [-0.05, 0) is 45.2 Å². The molecule has 0 fully saturated rings. The highest BCUT2D eigenvalue weighted by Crippen LogP contribution is 2.06. The zero-order valence-corrected chi connectivity index (χ0v) is 8.12. The Hall–Kier alpha value is 0.540. The molecule has 1 aromatic rings. The Morgan fingerprint density at radius 3 is 1.62 bits per heavy atom. The van der Waals surface area contributed by atoms with Gasteiger partial charge in [-0.3, -0.25) is 0 Å². The van der Waals surface area contributed by atoms with Crippen molar-refractivity contribution in [3.05, 3.63) is 19.8 Å². The van der Waals surface area contributed by atoms with Gasteiger partial charge in [0, 0.05) is 12.4 Å². The van der Waals surface area contributed by atoms with Gasteiger partial charge in [0.15, 0.2) is 0 Å². The summed E-state index contributed by atoms with van der Waals surface area (Å²) in [6.45, 7) is 0. The molecule has 0 saturated carbocycles. The van der Waals surface area contributed by atoms with E-state index in [1.54, 1.807) is 12.4 Å². The molecule has 0 radical (unpaired) electrons. The molecule has 1 aromatic heterocycles. The van der Waals surface area contributed by atoms with Crippen LogP contribution in [0, 0.1) is 7.40 Å². The fraction of sp³-hybridized carbons (Fsp3) is 0. The van der Waals surface area contributed by atoms with Crippen LogP contribution in [-0.2, 0) is 0 Å². The summed E-state index contributed by atoms with van der Waals surface area (Å²) in [6, 6.07) is 0. The van der Waals surface area contributed by atoms with E-state index in [4.69, 9.17) is 0 Å². The Morgan fingerprint density at radius 1 is 1.00 bits per heavy atom. The lowest BCUT2D eigenvalue weighted by Crippen LogP contribution is -1.86. The van der Waals surface area contributed by atoms with Crippen LogP contribution in [0.25, 0.3) is 0 Å². The SMILES string of the molecule is Ic1nccnc1I. The van der Waals surface area contributed by atoms with Crippen molar-refractivity contribution in [3.63, 3.8) is 0 Å². The maximum Gasteiger partial charge on any atom is 0.133 e. The maximum atomic E-state index is 4.00. The third kappa shape index (κ3) is 1.51. The average Bonchev–Trinajstić information content (AvgIpc) is 1.77. The summed E-state index contributed by atoms with van der Waals surface area (Å²) in [5.41, 5.74) is 0. The predicted molar refractivity (Wildman–Crippen MR) is 47.5 cm³/mol. The van der Waals surface area contributed by atoms with Crippen molar-refractivity contribution in [3.8, 4) is 0 Å². The standard InChI is InChI=1S/C4H2I2N2/c5-3-4(6)8-2-1-7-3/h1-2H. The smallest absolute Gasteiger partial charge is 0.133 e. The number of hydrogen-bond acceptors (Lipinski definition) is 2. The van der Waals surface area contributed by atoms with Crippen LogP contribution in [-0.4, -0.2) is 9.97 Å². The molecule has 0 aliphatic rings. The second kappa shape index (κ2) is 2.90. The summed E-state index contributed by atoms with van der Waals surface area (Å²) in [6.07, 6.45) is 3.37. The zero-order valence-electron chi connectivity index (χ0n) is 3.81. The Labute approximate surface area is 74.4 Å². The number of aromatic nitrogens is 2. The van der Waals surface area contributed by atoms with Crippen molar-refractivity contribution in [2.45, 2.75) is 0 Å². The first-order valence-electron chi connectivity index (χ1n) is 1.92. The lowest BCUT2D eigenvalue weighted by molar-refractivity contribution is 1.12. The van der Waals surface area contributed by atoms with Crippen molar-refractivity contribution in [2.24, 2.45) is 0 Å². The van der Waals surface area contributed by atoms with Gasteiger partial charge in [-0.1, -0.05) is 0 Å². The lowest BCUT2D eigenvalue weighted by Gasteiger charge is -1.87. The number of hydrogen-bond donors (Lipinski definition) is 0. The normalized spacial score (nSPS) is 9.25. The Balaban J connectivity index is 3.13. The zero-order chi connectivity index (χ0) is 5.98. The fourth-order valence-corrected chi connectivity index (χ4v) is 0.904. The van der Waals surface area contributed by atoms with Crippen molar-refractivity contribution in [1.29, 1.82) is 0 Å². The summed E-state index contributed by atoms with van der Waals surface area (Å²) >= 11 is 4.29. The summed E-state index contributed by atoms with van der Waals surface area (Å²) < 4.78 is 1.93. The second-order valence-electron chi connectivity index (χ2n) is 1.14. The van der Waals surface area contributed by atoms with Crippen molar-refractivity contribution >= 4 is 45.2 Å². The van der Waals surface area contributed by atoms with Crippen LogP contribution in [0.15, 0.2) is 12.4 Å². The topological polar surface area (TPSA) is 25.8 Å². The van der Waals surface area contributed by atoms with E-state index in [1.165, 1.54) is 0 Å². The fourth-order valence-electron chi connectivity index (χ4n) is 0.304. The summed E-state index contributed by atoms with van der Waals surface area (Å²) in [5.74, 6) is 0. The molecular formula is C4H2I2N2.